The van der Waals surface area contributed by atoms with Crippen molar-refractivity contribution in [2.75, 3.05) is 4.90 Å². The van der Waals surface area contributed by atoms with Crippen LogP contribution in [0.5, 0.6) is 0 Å². The van der Waals surface area contributed by atoms with E-state index in [1.807, 2.05) is 72.8 Å². The van der Waals surface area contributed by atoms with Gasteiger partial charge in [0, 0.05) is 39.3 Å². The summed E-state index contributed by atoms with van der Waals surface area (Å²) in [6.45, 7) is 6.19. The molecule has 7 aromatic rings. The van der Waals surface area contributed by atoms with Crippen LogP contribution in [-0.2, 0) is 0 Å². The van der Waals surface area contributed by atoms with Gasteiger partial charge in [0.05, 0.1) is 0 Å². The molecule has 214 valence electrons. The molecule has 5 aromatic carbocycles. The molecule has 0 unspecified atom stereocenters. The molecule has 0 bridgehead atoms. The predicted molar refractivity (Wildman–Crippen MR) is 173 cm³/mol. The van der Waals surface area contributed by atoms with Gasteiger partial charge in [-0.05, 0) is 106 Å². The Bertz CT molecular complexity index is 1880. The first-order valence-corrected chi connectivity index (χ1v) is 14.4. The summed E-state index contributed by atoms with van der Waals surface area (Å²) in [5.41, 5.74) is 10.1. The van der Waals surface area contributed by atoms with Crippen molar-refractivity contribution in [3.63, 3.8) is 0 Å². The average molecular weight is 576 g/mol. The zero-order valence-corrected chi connectivity index (χ0v) is 24.6. The number of aromatic nitrogens is 4. The summed E-state index contributed by atoms with van der Waals surface area (Å²) in [5.74, 6) is 1.95. The van der Waals surface area contributed by atoms with Gasteiger partial charge in [-0.3, -0.25) is 0 Å². The molecule has 2 heterocycles. The molecule has 7 heteroatoms. The van der Waals surface area contributed by atoms with E-state index in [1.165, 1.54) is 16.7 Å². The second-order valence-corrected chi connectivity index (χ2v) is 10.8. The molecular weight excluding hydrogens is 546 g/mol. The van der Waals surface area contributed by atoms with Crippen molar-refractivity contribution >= 4 is 17.1 Å². The number of hydrogen-bond acceptors (Lipinski definition) is 7. The number of benzene rings is 5. The normalized spacial score (nSPS) is 11.1. The first kappa shape index (κ1) is 27.0. The Morgan fingerprint density at radius 3 is 0.864 bits per heavy atom. The lowest BCUT2D eigenvalue weighted by molar-refractivity contribution is 0.584. The summed E-state index contributed by atoms with van der Waals surface area (Å²) in [5, 5.41) is 17.1. The number of nitrogens with zero attached hydrogens (tertiary/aromatic N) is 5. The highest BCUT2D eigenvalue weighted by Crippen LogP contribution is 2.37. The summed E-state index contributed by atoms with van der Waals surface area (Å²) in [6, 6.07) is 40.8. The average Bonchev–Trinajstić information content (AvgIpc) is 3.75. The van der Waals surface area contributed by atoms with Crippen molar-refractivity contribution in [2.45, 2.75) is 20.8 Å². The van der Waals surface area contributed by atoms with Crippen molar-refractivity contribution in [1.82, 2.24) is 20.4 Å². The minimum Gasteiger partial charge on any atom is -0.416 e. The van der Waals surface area contributed by atoms with Gasteiger partial charge >= 0.3 is 0 Å². The van der Waals surface area contributed by atoms with Crippen LogP contribution in [-0.4, -0.2) is 20.4 Å². The van der Waals surface area contributed by atoms with E-state index >= 15 is 0 Å². The van der Waals surface area contributed by atoms with Crippen molar-refractivity contribution in [2.24, 2.45) is 0 Å². The lowest BCUT2D eigenvalue weighted by Gasteiger charge is -2.25. The fourth-order valence-corrected chi connectivity index (χ4v) is 4.95. The maximum atomic E-state index is 6.01. The van der Waals surface area contributed by atoms with E-state index in [0.29, 0.717) is 23.6 Å². The van der Waals surface area contributed by atoms with Crippen molar-refractivity contribution in [3.8, 4) is 45.8 Å². The van der Waals surface area contributed by atoms with E-state index in [0.717, 1.165) is 39.3 Å². The third-order valence-corrected chi connectivity index (χ3v) is 7.48. The van der Waals surface area contributed by atoms with Gasteiger partial charge in [0.1, 0.15) is 0 Å². The molecule has 0 N–H and O–H groups in total. The highest BCUT2D eigenvalue weighted by atomic mass is 16.4. The van der Waals surface area contributed by atoms with E-state index in [1.54, 1.807) is 0 Å². The van der Waals surface area contributed by atoms with Crippen molar-refractivity contribution in [1.29, 1.82) is 0 Å². The lowest BCUT2D eigenvalue weighted by atomic mass is 10.1. The molecule has 2 aromatic heterocycles. The molecule has 0 aliphatic rings. The van der Waals surface area contributed by atoms with Gasteiger partial charge in [-0.25, -0.2) is 0 Å². The molecule has 0 spiro atoms. The van der Waals surface area contributed by atoms with Gasteiger partial charge in [0.25, 0.3) is 0 Å². The van der Waals surface area contributed by atoms with Crippen LogP contribution in [0.25, 0.3) is 45.8 Å². The zero-order valence-electron chi connectivity index (χ0n) is 24.6. The van der Waals surface area contributed by atoms with Crippen LogP contribution in [0.2, 0.25) is 0 Å². The second kappa shape index (κ2) is 11.5. The number of hydrogen-bond donors (Lipinski definition) is 0. The lowest BCUT2D eigenvalue weighted by Crippen LogP contribution is -2.09. The Hall–Kier alpha value is -5.82. The van der Waals surface area contributed by atoms with Gasteiger partial charge in [-0.1, -0.05) is 53.1 Å². The molecule has 0 atom stereocenters. The smallest absolute Gasteiger partial charge is 0.248 e. The van der Waals surface area contributed by atoms with Crippen LogP contribution >= 0.6 is 0 Å². The van der Waals surface area contributed by atoms with Gasteiger partial charge in [-0.2, -0.15) is 0 Å². The summed E-state index contributed by atoms with van der Waals surface area (Å²) in [6.07, 6.45) is 0. The third-order valence-electron chi connectivity index (χ3n) is 7.48. The van der Waals surface area contributed by atoms with Crippen LogP contribution in [0.4, 0.5) is 17.1 Å². The Kier molecular flexibility index (Phi) is 7.04. The monoisotopic (exact) mass is 575 g/mol. The van der Waals surface area contributed by atoms with Crippen molar-refractivity contribution < 1.29 is 8.83 Å². The minimum atomic E-state index is 0.475. The van der Waals surface area contributed by atoms with E-state index in [-0.39, 0.29) is 0 Å². The molecule has 44 heavy (non-hydrogen) atoms. The number of anilines is 3. The Labute approximate surface area is 255 Å². The minimum absolute atomic E-state index is 0.475. The summed E-state index contributed by atoms with van der Waals surface area (Å²) in [4.78, 5) is 2.20. The van der Waals surface area contributed by atoms with Crippen LogP contribution in [0, 0.1) is 20.8 Å². The van der Waals surface area contributed by atoms with E-state index in [4.69, 9.17) is 8.83 Å². The first-order chi connectivity index (χ1) is 21.5. The fourth-order valence-electron chi connectivity index (χ4n) is 4.95. The van der Waals surface area contributed by atoms with E-state index in [9.17, 15) is 0 Å². The van der Waals surface area contributed by atoms with Gasteiger partial charge in [-0.15, -0.1) is 20.4 Å². The van der Waals surface area contributed by atoms with Crippen LogP contribution in [0.1, 0.15) is 16.7 Å². The molecule has 0 aliphatic carbocycles. The number of rotatable bonds is 7. The van der Waals surface area contributed by atoms with Crippen molar-refractivity contribution in [3.05, 3.63) is 138 Å². The van der Waals surface area contributed by atoms with Gasteiger partial charge in [0.2, 0.25) is 23.6 Å². The zero-order chi connectivity index (χ0) is 30.0. The maximum Gasteiger partial charge on any atom is 0.248 e. The Balaban J connectivity index is 1.17. The molecule has 7 nitrogen and oxygen atoms in total. The highest BCUT2D eigenvalue weighted by Gasteiger charge is 2.16. The standard InChI is InChI=1S/C37H29N5O2/c1-24-4-10-27(11-5-24)34-38-40-36(43-34)29-14-20-32(21-15-29)42(31-18-8-26(3)9-19-31)33-22-16-30(17-23-33)37-41-39-35(44-37)28-12-6-25(2)7-13-28/h4-23H,1-3H3. The molecule has 0 aliphatic heterocycles. The summed E-state index contributed by atoms with van der Waals surface area (Å²) < 4.78 is 12.0. The highest BCUT2D eigenvalue weighted by molar-refractivity contribution is 5.78. The van der Waals surface area contributed by atoms with E-state index in [2.05, 4.69) is 94.6 Å². The molecule has 0 fully saturated rings. The maximum absolute atomic E-state index is 6.01. The number of aryl methyl sites for hydroxylation is 3. The topological polar surface area (TPSA) is 81.1 Å². The first-order valence-electron chi connectivity index (χ1n) is 14.4. The predicted octanol–water partition coefficient (Wildman–Crippen LogP) is 9.52. The SMILES string of the molecule is Cc1ccc(-c2nnc(-c3ccc(N(c4ccc(C)cc4)c4ccc(-c5nnc(-c6ccc(C)cc6)o5)cc4)cc3)o2)cc1. The van der Waals surface area contributed by atoms with Gasteiger partial charge in [0.15, 0.2) is 0 Å². The third kappa shape index (κ3) is 5.51. The summed E-state index contributed by atoms with van der Waals surface area (Å²) in [7, 11) is 0. The Morgan fingerprint density at radius 1 is 0.341 bits per heavy atom. The van der Waals surface area contributed by atoms with Crippen LogP contribution < -0.4 is 4.90 Å². The summed E-state index contributed by atoms with van der Waals surface area (Å²) >= 11 is 0. The molecule has 0 radical (unpaired) electrons. The van der Waals surface area contributed by atoms with Crippen LogP contribution in [0.3, 0.4) is 0 Å². The quantitative estimate of drug-likeness (QED) is 0.187. The van der Waals surface area contributed by atoms with Gasteiger partial charge < -0.3 is 13.7 Å². The van der Waals surface area contributed by atoms with Crippen LogP contribution in [0.15, 0.2) is 130 Å². The molecule has 0 saturated heterocycles. The molecule has 0 saturated carbocycles. The fraction of sp³-hybridized carbons (Fsp3) is 0.0811. The molecule has 0 amide bonds. The largest absolute Gasteiger partial charge is 0.416 e. The molecule has 7 rings (SSSR count). The Morgan fingerprint density at radius 2 is 0.568 bits per heavy atom. The molecular formula is C37H29N5O2. The second-order valence-electron chi connectivity index (χ2n) is 10.8. The van der Waals surface area contributed by atoms with E-state index < -0.39 is 0 Å².